The number of aryl methyl sites for hydroxylation is 1. The van der Waals surface area contributed by atoms with E-state index in [-0.39, 0.29) is 16.4 Å². The minimum absolute atomic E-state index is 0.100. The predicted molar refractivity (Wildman–Crippen MR) is 50.9 cm³/mol. The molecule has 0 saturated carbocycles. The molecule has 0 saturated heterocycles. The van der Waals surface area contributed by atoms with Crippen LogP contribution in [0.4, 0.5) is 8.78 Å². The van der Waals surface area contributed by atoms with E-state index in [9.17, 15) is 13.9 Å². The summed E-state index contributed by atoms with van der Waals surface area (Å²) in [6.45, 7) is -1.12. The summed E-state index contributed by atoms with van der Waals surface area (Å²) in [6.07, 6.45) is 0. The number of tetrazole rings is 1. The molecule has 16 heavy (non-hydrogen) atoms. The van der Waals surface area contributed by atoms with Crippen molar-refractivity contribution in [1.82, 2.24) is 20.2 Å². The van der Waals surface area contributed by atoms with Gasteiger partial charge in [0.25, 0.3) is 0 Å². The maximum atomic E-state index is 12.2. The fourth-order valence-corrected chi connectivity index (χ4v) is 1.22. The first kappa shape index (κ1) is 10.5. The van der Waals surface area contributed by atoms with Gasteiger partial charge in [0.15, 0.2) is 0 Å². The summed E-state index contributed by atoms with van der Waals surface area (Å²) in [6, 6.07) is 4.59. The molecule has 0 aliphatic carbocycles. The first-order chi connectivity index (χ1) is 7.58. The Morgan fingerprint density at radius 1 is 1.38 bits per heavy atom. The normalized spacial score (nSPS) is 11.0. The Morgan fingerprint density at radius 2 is 2.12 bits per heavy atom. The zero-order valence-corrected chi connectivity index (χ0v) is 8.30. The van der Waals surface area contributed by atoms with E-state index >= 15 is 0 Å². The monoisotopic (exact) mass is 226 g/mol. The van der Waals surface area contributed by atoms with Crippen LogP contribution in [0.25, 0.3) is 11.4 Å². The largest absolute Gasteiger partial charge is 0.508 e. The molecule has 1 aromatic carbocycles. The maximum Gasteiger partial charge on any atom is 0.350 e. The lowest BCUT2D eigenvalue weighted by molar-refractivity contribution is 0.0397. The van der Waals surface area contributed by atoms with Gasteiger partial charge in [-0.15, -0.1) is 10.2 Å². The van der Waals surface area contributed by atoms with Crippen molar-refractivity contribution < 1.29 is 13.9 Å². The minimum Gasteiger partial charge on any atom is -0.508 e. The number of nitrogens with zero attached hydrogens (tertiary/aromatic N) is 4. The Morgan fingerprint density at radius 3 is 2.69 bits per heavy atom. The Hall–Kier alpha value is -2.05. The zero-order valence-electron chi connectivity index (χ0n) is 8.30. The lowest BCUT2D eigenvalue weighted by Crippen LogP contribution is -2.02. The molecule has 1 aromatic heterocycles. The number of aromatic nitrogens is 4. The molecule has 0 unspecified atom stereocenters. The molecule has 0 bridgehead atoms. The molecule has 0 aliphatic heterocycles. The van der Waals surface area contributed by atoms with Gasteiger partial charge in [-0.2, -0.15) is 8.78 Å². The van der Waals surface area contributed by atoms with E-state index in [1.165, 1.54) is 12.1 Å². The van der Waals surface area contributed by atoms with Crippen LogP contribution in [0.3, 0.4) is 0 Å². The highest BCUT2D eigenvalue weighted by molar-refractivity contribution is 5.57. The number of phenols is 1. The molecule has 1 heterocycles. The number of alkyl halides is 2. The minimum atomic E-state index is -2.81. The molecule has 1 N–H and O–H groups in total. The van der Waals surface area contributed by atoms with Crippen LogP contribution in [-0.4, -0.2) is 25.3 Å². The average Bonchev–Trinajstić information content (AvgIpc) is 2.71. The van der Waals surface area contributed by atoms with Crippen LogP contribution in [0.5, 0.6) is 5.75 Å². The van der Waals surface area contributed by atoms with E-state index in [0.29, 0.717) is 11.1 Å². The summed E-state index contributed by atoms with van der Waals surface area (Å²) in [5, 5.41) is 19.5. The first-order valence-electron chi connectivity index (χ1n) is 4.45. The number of benzene rings is 1. The zero-order chi connectivity index (χ0) is 11.7. The molecular formula is C9H8F2N4O. The highest BCUT2D eigenvalue weighted by atomic mass is 19.3. The number of phenolic OH excluding ortho intramolecular Hbond substituents is 1. The molecule has 0 spiro atoms. The van der Waals surface area contributed by atoms with Crippen LogP contribution in [-0.2, 0) is 0 Å². The van der Waals surface area contributed by atoms with Crippen LogP contribution < -0.4 is 0 Å². The maximum absolute atomic E-state index is 12.2. The fourth-order valence-electron chi connectivity index (χ4n) is 1.22. The van der Waals surface area contributed by atoms with Crippen molar-refractivity contribution in [3.8, 4) is 17.1 Å². The molecule has 5 nitrogen and oxygen atoms in total. The highest BCUT2D eigenvalue weighted by Gasteiger charge is 2.12. The van der Waals surface area contributed by atoms with Crippen molar-refractivity contribution >= 4 is 0 Å². The van der Waals surface area contributed by atoms with Crippen LogP contribution in [0.15, 0.2) is 18.2 Å². The topological polar surface area (TPSA) is 63.8 Å². The van der Waals surface area contributed by atoms with Gasteiger partial charge in [-0.1, -0.05) is 4.80 Å². The molecule has 2 aromatic rings. The number of hydrogen-bond donors (Lipinski definition) is 1. The Kier molecular flexibility index (Phi) is 2.51. The first-order valence-corrected chi connectivity index (χ1v) is 4.45. The van der Waals surface area contributed by atoms with Crippen molar-refractivity contribution in [2.75, 3.05) is 0 Å². The molecule has 0 amide bonds. The summed E-state index contributed by atoms with van der Waals surface area (Å²) >= 11 is 0. The van der Waals surface area contributed by atoms with Gasteiger partial charge in [0, 0.05) is 5.56 Å². The fraction of sp³-hybridized carbons (Fsp3) is 0.222. The van der Waals surface area contributed by atoms with E-state index in [1.807, 2.05) is 0 Å². The second kappa shape index (κ2) is 3.84. The van der Waals surface area contributed by atoms with Gasteiger partial charge in [0.05, 0.1) is 0 Å². The average molecular weight is 226 g/mol. The molecule has 0 radical (unpaired) electrons. The third kappa shape index (κ3) is 1.83. The number of aromatic hydroxyl groups is 1. The molecule has 0 fully saturated rings. The van der Waals surface area contributed by atoms with Gasteiger partial charge >= 0.3 is 6.55 Å². The Bertz CT molecular complexity index is 512. The Labute approximate surface area is 89.3 Å². The van der Waals surface area contributed by atoms with E-state index in [0.717, 1.165) is 0 Å². The molecular weight excluding hydrogens is 218 g/mol. The standard InChI is InChI=1S/C9H8F2N4O/c1-5-4-6(2-3-7(5)16)8-12-14-15(13-8)9(10)11/h2-4,9,16H,1H3. The van der Waals surface area contributed by atoms with Crippen molar-refractivity contribution in [3.63, 3.8) is 0 Å². The summed E-state index contributed by atoms with van der Waals surface area (Å²) in [4.78, 5) is 0.234. The van der Waals surface area contributed by atoms with Crippen molar-refractivity contribution in [3.05, 3.63) is 23.8 Å². The van der Waals surface area contributed by atoms with Crippen molar-refractivity contribution in [2.24, 2.45) is 0 Å². The van der Waals surface area contributed by atoms with Gasteiger partial charge in [-0.25, -0.2) is 0 Å². The second-order valence-electron chi connectivity index (χ2n) is 3.21. The van der Waals surface area contributed by atoms with Gasteiger partial charge < -0.3 is 5.11 Å². The molecule has 2 rings (SSSR count). The van der Waals surface area contributed by atoms with E-state index < -0.39 is 6.55 Å². The van der Waals surface area contributed by atoms with Crippen LogP contribution in [0.2, 0.25) is 0 Å². The van der Waals surface area contributed by atoms with Gasteiger partial charge in [0.2, 0.25) is 5.82 Å². The van der Waals surface area contributed by atoms with Gasteiger partial charge in [0.1, 0.15) is 5.75 Å². The predicted octanol–water partition coefficient (Wildman–Crippen LogP) is 1.75. The molecule has 0 atom stereocenters. The SMILES string of the molecule is Cc1cc(-c2nnn(C(F)F)n2)ccc1O. The number of hydrogen-bond acceptors (Lipinski definition) is 4. The van der Waals surface area contributed by atoms with Crippen LogP contribution in [0, 0.1) is 6.92 Å². The molecule has 0 aliphatic rings. The lowest BCUT2D eigenvalue weighted by Gasteiger charge is -1.99. The smallest absolute Gasteiger partial charge is 0.350 e. The quantitative estimate of drug-likeness (QED) is 0.847. The second-order valence-corrected chi connectivity index (χ2v) is 3.21. The third-order valence-electron chi connectivity index (χ3n) is 2.06. The summed E-state index contributed by atoms with van der Waals surface area (Å²) in [5.74, 6) is 0.230. The number of halogens is 2. The number of rotatable bonds is 2. The molecule has 84 valence electrons. The van der Waals surface area contributed by atoms with Crippen LogP contribution >= 0.6 is 0 Å². The lowest BCUT2D eigenvalue weighted by atomic mass is 10.1. The van der Waals surface area contributed by atoms with Gasteiger partial charge in [-0.3, -0.25) is 0 Å². The third-order valence-corrected chi connectivity index (χ3v) is 2.06. The van der Waals surface area contributed by atoms with E-state index in [4.69, 9.17) is 0 Å². The van der Waals surface area contributed by atoms with E-state index in [2.05, 4.69) is 15.4 Å². The van der Waals surface area contributed by atoms with Crippen molar-refractivity contribution in [1.29, 1.82) is 0 Å². The Balaban J connectivity index is 2.39. The van der Waals surface area contributed by atoms with E-state index in [1.54, 1.807) is 13.0 Å². The summed E-state index contributed by atoms with van der Waals surface area (Å²) in [7, 11) is 0. The summed E-state index contributed by atoms with van der Waals surface area (Å²) in [5.41, 5.74) is 1.15. The highest BCUT2D eigenvalue weighted by Crippen LogP contribution is 2.22. The van der Waals surface area contributed by atoms with Crippen LogP contribution in [0.1, 0.15) is 12.1 Å². The summed E-state index contributed by atoms with van der Waals surface area (Å²) < 4.78 is 24.4. The van der Waals surface area contributed by atoms with Gasteiger partial charge in [-0.05, 0) is 35.9 Å². The molecule has 7 heteroatoms. The van der Waals surface area contributed by atoms with Crippen molar-refractivity contribution in [2.45, 2.75) is 13.5 Å².